The Morgan fingerprint density at radius 3 is 2.35 bits per heavy atom. The summed E-state index contributed by atoms with van der Waals surface area (Å²) in [6.07, 6.45) is -2.07. The Morgan fingerprint density at radius 1 is 1.10 bits per heavy atom. The van der Waals surface area contributed by atoms with Crippen LogP contribution >= 0.6 is 0 Å². The molecule has 0 atom stereocenters. The number of hydrogen-bond donors (Lipinski definition) is 1. The molecule has 6 heteroatoms. The minimum Gasteiger partial charge on any atom is -0.406 e. The topological polar surface area (TPSA) is 24.5 Å². The number of alkyl halides is 3. The van der Waals surface area contributed by atoms with Crippen LogP contribution in [0.3, 0.4) is 0 Å². The SMILES string of the molecule is FC(F)(F)Oc1ccc(CNCCN2CCCC2)cc1. The number of benzene rings is 1. The van der Waals surface area contributed by atoms with E-state index in [2.05, 4.69) is 15.0 Å². The van der Waals surface area contributed by atoms with Crippen LogP contribution < -0.4 is 10.1 Å². The van der Waals surface area contributed by atoms with Crippen molar-refractivity contribution in [2.75, 3.05) is 26.2 Å². The molecular formula is C14H19F3N2O. The van der Waals surface area contributed by atoms with Crippen LogP contribution in [-0.4, -0.2) is 37.4 Å². The fourth-order valence-corrected chi connectivity index (χ4v) is 2.29. The van der Waals surface area contributed by atoms with Crippen LogP contribution in [0.25, 0.3) is 0 Å². The van der Waals surface area contributed by atoms with E-state index in [-0.39, 0.29) is 5.75 Å². The first-order valence-electron chi connectivity index (χ1n) is 6.81. The summed E-state index contributed by atoms with van der Waals surface area (Å²) in [5.74, 6) is -0.182. The van der Waals surface area contributed by atoms with Crippen LogP contribution in [0.2, 0.25) is 0 Å². The fraction of sp³-hybridized carbons (Fsp3) is 0.571. The summed E-state index contributed by atoms with van der Waals surface area (Å²) < 4.78 is 39.8. The van der Waals surface area contributed by atoms with E-state index in [1.165, 1.54) is 38.1 Å². The molecule has 0 amide bonds. The molecule has 0 aromatic heterocycles. The number of hydrogen-bond acceptors (Lipinski definition) is 3. The van der Waals surface area contributed by atoms with E-state index in [1.807, 2.05) is 0 Å². The number of halogens is 3. The van der Waals surface area contributed by atoms with Gasteiger partial charge in [0, 0.05) is 19.6 Å². The smallest absolute Gasteiger partial charge is 0.406 e. The molecule has 1 aromatic rings. The minimum atomic E-state index is -4.63. The van der Waals surface area contributed by atoms with Gasteiger partial charge in [0.05, 0.1) is 0 Å². The number of likely N-dealkylation sites (tertiary alicyclic amines) is 1. The van der Waals surface area contributed by atoms with E-state index < -0.39 is 6.36 Å². The van der Waals surface area contributed by atoms with Gasteiger partial charge in [-0.25, -0.2) is 0 Å². The van der Waals surface area contributed by atoms with E-state index in [4.69, 9.17) is 0 Å². The molecule has 1 N–H and O–H groups in total. The first-order valence-corrected chi connectivity index (χ1v) is 6.81. The minimum absolute atomic E-state index is 0.182. The van der Waals surface area contributed by atoms with Gasteiger partial charge in [0.2, 0.25) is 0 Å². The second kappa shape index (κ2) is 6.95. The highest BCUT2D eigenvalue weighted by Gasteiger charge is 2.30. The summed E-state index contributed by atoms with van der Waals surface area (Å²) in [4.78, 5) is 2.41. The highest BCUT2D eigenvalue weighted by Crippen LogP contribution is 2.22. The molecule has 0 aliphatic carbocycles. The van der Waals surface area contributed by atoms with Crippen molar-refractivity contribution in [3.05, 3.63) is 29.8 Å². The van der Waals surface area contributed by atoms with Crippen LogP contribution in [0.15, 0.2) is 24.3 Å². The normalized spacial score (nSPS) is 16.6. The van der Waals surface area contributed by atoms with Gasteiger partial charge < -0.3 is 15.0 Å². The molecule has 1 heterocycles. The molecule has 1 aliphatic heterocycles. The molecule has 20 heavy (non-hydrogen) atoms. The molecule has 0 spiro atoms. The second-order valence-electron chi connectivity index (χ2n) is 4.92. The van der Waals surface area contributed by atoms with Gasteiger partial charge in [-0.2, -0.15) is 0 Å². The van der Waals surface area contributed by atoms with Crippen molar-refractivity contribution < 1.29 is 17.9 Å². The summed E-state index contributed by atoms with van der Waals surface area (Å²) in [6, 6.07) is 5.96. The number of nitrogens with zero attached hydrogens (tertiary/aromatic N) is 1. The van der Waals surface area contributed by atoms with Crippen molar-refractivity contribution in [3.63, 3.8) is 0 Å². The Labute approximate surface area is 116 Å². The maximum atomic E-state index is 12.0. The third kappa shape index (κ3) is 5.38. The molecule has 1 aliphatic rings. The molecule has 1 fully saturated rings. The molecule has 112 valence electrons. The molecule has 1 saturated heterocycles. The van der Waals surface area contributed by atoms with Gasteiger partial charge in [-0.15, -0.1) is 13.2 Å². The molecule has 0 bridgehead atoms. The van der Waals surface area contributed by atoms with Crippen molar-refractivity contribution in [1.82, 2.24) is 10.2 Å². The third-order valence-electron chi connectivity index (χ3n) is 3.29. The first kappa shape index (κ1) is 15.1. The average molecular weight is 288 g/mol. The van der Waals surface area contributed by atoms with Crippen molar-refractivity contribution in [2.24, 2.45) is 0 Å². The monoisotopic (exact) mass is 288 g/mol. The number of nitrogens with one attached hydrogen (secondary N) is 1. The third-order valence-corrected chi connectivity index (χ3v) is 3.29. The van der Waals surface area contributed by atoms with Gasteiger partial charge in [-0.3, -0.25) is 0 Å². The second-order valence-corrected chi connectivity index (χ2v) is 4.92. The lowest BCUT2D eigenvalue weighted by Gasteiger charge is -2.14. The number of rotatable bonds is 6. The maximum absolute atomic E-state index is 12.0. The summed E-state index contributed by atoms with van der Waals surface area (Å²) >= 11 is 0. The van der Waals surface area contributed by atoms with Crippen molar-refractivity contribution in [1.29, 1.82) is 0 Å². The predicted molar refractivity (Wildman–Crippen MR) is 70.5 cm³/mol. The van der Waals surface area contributed by atoms with Crippen molar-refractivity contribution in [2.45, 2.75) is 25.7 Å². The summed E-state index contributed by atoms with van der Waals surface area (Å²) in [5, 5.41) is 3.29. The molecule has 0 saturated carbocycles. The highest BCUT2D eigenvalue weighted by atomic mass is 19.4. The van der Waals surface area contributed by atoms with Crippen LogP contribution in [0, 0.1) is 0 Å². The molecule has 0 unspecified atom stereocenters. The van der Waals surface area contributed by atoms with Crippen molar-refractivity contribution >= 4 is 0 Å². The van der Waals surface area contributed by atoms with Gasteiger partial charge in [0.1, 0.15) is 5.75 Å². The van der Waals surface area contributed by atoms with Gasteiger partial charge in [0.25, 0.3) is 0 Å². The zero-order valence-corrected chi connectivity index (χ0v) is 11.2. The lowest BCUT2D eigenvalue weighted by molar-refractivity contribution is -0.274. The largest absolute Gasteiger partial charge is 0.573 e. The molecular weight excluding hydrogens is 269 g/mol. The standard InChI is InChI=1S/C14H19F3N2O/c15-14(16,17)20-13-5-3-12(4-6-13)11-18-7-10-19-8-1-2-9-19/h3-6,18H,1-2,7-11H2. The van der Waals surface area contributed by atoms with Gasteiger partial charge in [-0.1, -0.05) is 12.1 Å². The predicted octanol–water partition coefficient (Wildman–Crippen LogP) is 2.77. The van der Waals surface area contributed by atoms with Crippen LogP contribution in [-0.2, 0) is 6.54 Å². The highest BCUT2D eigenvalue weighted by molar-refractivity contribution is 5.27. The first-order chi connectivity index (χ1) is 9.53. The van der Waals surface area contributed by atoms with Gasteiger partial charge in [-0.05, 0) is 43.6 Å². The molecule has 3 nitrogen and oxygen atoms in total. The van der Waals surface area contributed by atoms with E-state index in [0.717, 1.165) is 18.7 Å². The Morgan fingerprint density at radius 2 is 1.75 bits per heavy atom. The van der Waals surface area contributed by atoms with Gasteiger partial charge in [0.15, 0.2) is 0 Å². The van der Waals surface area contributed by atoms with E-state index in [1.54, 1.807) is 12.1 Å². The Bertz CT molecular complexity index is 400. The van der Waals surface area contributed by atoms with E-state index in [0.29, 0.717) is 6.54 Å². The van der Waals surface area contributed by atoms with Crippen LogP contribution in [0.1, 0.15) is 18.4 Å². The molecule has 0 radical (unpaired) electrons. The van der Waals surface area contributed by atoms with E-state index >= 15 is 0 Å². The summed E-state index contributed by atoms with van der Waals surface area (Å²) in [5.41, 5.74) is 0.945. The molecule has 1 aromatic carbocycles. The Balaban J connectivity index is 1.68. The van der Waals surface area contributed by atoms with Crippen LogP contribution in [0.5, 0.6) is 5.75 Å². The maximum Gasteiger partial charge on any atom is 0.573 e. The Kier molecular flexibility index (Phi) is 5.25. The quantitative estimate of drug-likeness (QED) is 0.815. The average Bonchev–Trinajstić information content (AvgIpc) is 2.88. The van der Waals surface area contributed by atoms with E-state index in [9.17, 15) is 13.2 Å². The van der Waals surface area contributed by atoms with Crippen LogP contribution in [0.4, 0.5) is 13.2 Å². The lowest BCUT2D eigenvalue weighted by atomic mass is 10.2. The zero-order valence-electron chi connectivity index (χ0n) is 11.2. The Hall–Kier alpha value is -1.27. The zero-order chi connectivity index (χ0) is 14.4. The summed E-state index contributed by atoms with van der Waals surface area (Å²) in [7, 11) is 0. The van der Waals surface area contributed by atoms with Gasteiger partial charge >= 0.3 is 6.36 Å². The fourth-order valence-electron chi connectivity index (χ4n) is 2.29. The van der Waals surface area contributed by atoms with Crippen molar-refractivity contribution in [3.8, 4) is 5.75 Å². The lowest BCUT2D eigenvalue weighted by Crippen LogP contribution is -2.29. The molecule has 2 rings (SSSR count). The summed E-state index contributed by atoms with van der Waals surface area (Å²) in [6.45, 7) is 4.91. The number of ether oxygens (including phenoxy) is 1.